The first-order chi connectivity index (χ1) is 15.1. The minimum absolute atomic E-state index is 0. The molecule has 0 saturated carbocycles. The van der Waals surface area contributed by atoms with Gasteiger partial charge in [0.05, 0.1) is 18.4 Å². The number of anilines is 2. The molecule has 0 aliphatic carbocycles. The highest BCUT2D eigenvalue weighted by Crippen LogP contribution is 2.27. The van der Waals surface area contributed by atoms with Crippen LogP contribution in [-0.2, 0) is 11.3 Å². The summed E-state index contributed by atoms with van der Waals surface area (Å²) in [5, 5.41) is 13.6. The number of halogens is 1. The fourth-order valence-electron chi connectivity index (χ4n) is 4.14. The van der Waals surface area contributed by atoms with Crippen LogP contribution in [0.25, 0.3) is 0 Å². The third-order valence-electron chi connectivity index (χ3n) is 5.84. The molecule has 1 aromatic heterocycles. The van der Waals surface area contributed by atoms with E-state index in [0.717, 1.165) is 68.9 Å². The summed E-state index contributed by atoms with van der Waals surface area (Å²) in [6.07, 6.45) is 2.18. The van der Waals surface area contributed by atoms with Gasteiger partial charge in [0.2, 0.25) is 0 Å². The smallest absolute Gasteiger partial charge is 0.194 e. The summed E-state index contributed by atoms with van der Waals surface area (Å²) in [6.45, 7) is 8.66. The fraction of sp³-hybridized carbons (Fsp3) is 0.478. The van der Waals surface area contributed by atoms with Gasteiger partial charge >= 0.3 is 0 Å². The molecular weight excluding hydrogens is 519 g/mol. The van der Waals surface area contributed by atoms with Crippen molar-refractivity contribution in [1.82, 2.24) is 15.2 Å². The molecule has 2 aliphatic rings. The Morgan fingerprint density at radius 2 is 1.91 bits per heavy atom. The Bertz CT molecular complexity index is 886. The summed E-state index contributed by atoms with van der Waals surface area (Å²) in [5.74, 6) is 2.23. The minimum atomic E-state index is 0. The van der Waals surface area contributed by atoms with Crippen molar-refractivity contribution in [2.75, 3.05) is 62.7 Å². The van der Waals surface area contributed by atoms with Crippen molar-refractivity contribution >= 4 is 41.4 Å². The molecule has 2 aromatic rings. The van der Waals surface area contributed by atoms with Gasteiger partial charge in [0.1, 0.15) is 11.6 Å². The van der Waals surface area contributed by atoms with Crippen LogP contribution in [0.4, 0.5) is 11.5 Å². The predicted molar refractivity (Wildman–Crippen MR) is 139 cm³/mol. The van der Waals surface area contributed by atoms with Crippen LogP contribution in [0.3, 0.4) is 0 Å². The Labute approximate surface area is 207 Å². The van der Waals surface area contributed by atoms with Crippen LogP contribution in [0.5, 0.6) is 5.75 Å². The van der Waals surface area contributed by atoms with Crippen molar-refractivity contribution in [2.45, 2.75) is 19.6 Å². The molecule has 0 bridgehead atoms. The first-order valence-electron chi connectivity index (χ1n) is 10.9. The molecule has 1 atom stereocenters. The molecule has 174 valence electrons. The highest BCUT2D eigenvalue weighted by Gasteiger charge is 2.21. The van der Waals surface area contributed by atoms with Gasteiger partial charge in [0, 0.05) is 59.1 Å². The summed E-state index contributed by atoms with van der Waals surface area (Å²) < 4.78 is 5.61. The van der Waals surface area contributed by atoms with Crippen LogP contribution < -0.4 is 15.1 Å². The van der Waals surface area contributed by atoms with E-state index < -0.39 is 0 Å². The fourth-order valence-corrected chi connectivity index (χ4v) is 4.14. The van der Waals surface area contributed by atoms with Crippen LogP contribution >= 0.6 is 24.0 Å². The summed E-state index contributed by atoms with van der Waals surface area (Å²) in [4.78, 5) is 15.9. The Morgan fingerprint density at radius 3 is 2.56 bits per heavy atom. The van der Waals surface area contributed by atoms with Gasteiger partial charge < -0.3 is 29.9 Å². The zero-order valence-corrected chi connectivity index (χ0v) is 21.1. The lowest BCUT2D eigenvalue weighted by Crippen LogP contribution is -2.52. The summed E-state index contributed by atoms with van der Waals surface area (Å²) in [5.41, 5.74) is 2.02. The lowest BCUT2D eigenvalue weighted by Gasteiger charge is -2.37. The summed E-state index contributed by atoms with van der Waals surface area (Å²) in [6, 6.07) is 11.7. The highest BCUT2D eigenvalue weighted by atomic mass is 127. The number of phenols is 1. The second kappa shape index (κ2) is 11.6. The van der Waals surface area contributed by atoms with Crippen LogP contribution in [0.2, 0.25) is 0 Å². The molecule has 1 unspecified atom stereocenters. The van der Waals surface area contributed by atoms with Gasteiger partial charge in [0.15, 0.2) is 5.96 Å². The number of nitrogens with zero attached hydrogens (tertiary/aromatic N) is 5. The monoisotopic (exact) mass is 552 g/mol. The second-order valence-corrected chi connectivity index (χ2v) is 8.02. The standard InChI is InChI=1S/C23H32N6O2.HI/c1-18-17-29(13-14-31-18)22-8-7-19(15-25-22)16-26-23(24-2)28-11-9-27(10-12-28)20-5-3-4-6-21(20)30;/h3-8,15,18,30H,9-14,16-17H2,1-2H3,(H,24,26);1H. The van der Waals surface area contributed by atoms with Gasteiger partial charge in [-0.1, -0.05) is 18.2 Å². The van der Waals surface area contributed by atoms with E-state index in [2.05, 4.69) is 49.0 Å². The molecule has 8 nitrogen and oxygen atoms in total. The molecule has 2 fully saturated rings. The molecule has 1 aromatic carbocycles. The maximum absolute atomic E-state index is 10.1. The number of hydrogen-bond donors (Lipinski definition) is 2. The number of phenolic OH excluding ortho intramolecular Hbond substituents is 1. The average molecular weight is 552 g/mol. The summed E-state index contributed by atoms with van der Waals surface area (Å²) >= 11 is 0. The van der Waals surface area contributed by atoms with E-state index in [1.807, 2.05) is 31.4 Å². The normalized spacial score (nSPS) is 19.5. The van der Waals surface area contributed by atoms with Crippen LogP contribution in [0, 0.1) is 0 Å². The van der Waals surface area contributed by atoms with Crippen LogP contribution in [0.15, 0.2) is 47.6 Å². The number of piperazine rings is 1. The van der Waals surface area contributed by atoms with Gasteiger partial charge in [-0.2, -0.15) is 0 Å². The van der Waals surface area contributed by atoms with Crippen LogP contribution in [0.1, 0.15) is 12.5 Å². The van der Waals surface area contributed by atoms with Crippen molar-refractivity contribution in [1.29, 1.82) is 0 Å². The predicted octanol–water partition coefficient (Wildman–Crippen LogP) is 2.53. The number of aromatic nitrogens is 1. The first-order valence-corrected chi connectivity index (χ1v) is 10.9. The van der Waals surface area contributed by atoms with E-state index in [1.54, 1.807) is 6.07 Å². The molecule has 9 heteroatoms. The van der Waals surface area contributed by atoms with Crippen molar-refractivity contribution in [2.24, 2.45) is 4.99 Å². The van der Waals surface area contributed by atoms with Gasteiger partial charge in [-0.3, -0.25) is 4.99 Å². The van der Waals surface area contributed by atoms with E-state index in [4.69, 9.17) is 4.74 Å². The Balaban J connectivity index is 0.00000289. The van der Waals surface area contributed by atoms with Crippen molar-refractivity contribution in [3.63, 3.8) is 0 Å². The van der Waals surface area contributed by atoms with Gasteiger partial charge in [0.25, 0.3) is 0 Å². The van der Waals surface area contributed by atoms with E-state index in [1.165, 1.54) is 0 Å². The lowest BCUT2D eigenvalue weighted by atomic mass is 10.2. The average Bonchev–Trinajstić information content (AvgIpc) is 2.81. The molecule has 0 spiro atoms. The number of para-hydroxylation sites is 2. The number of hydrogen-bond acceptors (Lipinski definition) is 6. The third kappa shape index (κ3) is 5.94. The van der Waals surface area contributed by atoms with Crippen molar-refractivity contribution in [3.05, 3.63) is 48.2 Å². The van der Waals surface area contributed by atoms with Gasteiger partial charge in [-0.05, 0) is 30.7 Å². The van der Waals surface area contributed by atoms with E-state index >= 15 is 0 Å². The van der Waals surface area contributed by atoms with Crippen molar-refractivity contribution in [3.8, 4) is 5.75 Å². The number of benzene rings is 1. The molecule has 2 N–H and O–H groups in total. The topological polar surface area (TPSA) is 76.5 Å². The first kappa shape index (κ1) is 24.4. The SMILES string of the molecule is CN=C(NCc1ccc(N2CCOC(C)C2)nc1)N1CCN(c2ccccc2O)CC1.I. The number of nitrogens with one attached hydrogen (secondary N) is 1. The second-order valence-electron chi connectivity index (χ2n) is 8.02. The number of guanidine groups is 1. The van der Waals surface area contributed by atoms with Gasteiger partial charge in [-0.25, -0.2) is 4.98 Å². The molecule has 4 rings (SSSR count). The quantitative estimate of drug-likeness (QED) is 0.343. The number of aromatic hydroxyl groups is 1. The molecule has 2 saturated heterocycles. The number of aliphatic imine (C=N–C) groups is 1. The lowest BCUT2D eigenvalue weighted by molar-refractivity contribution is 0.0529. The molecule has 32 heavy (non-hydrogen) atoms. The Hall–Kier alpha value is -2.27. The Kier molecular flexibility index (Phi) is 8.80. The van der Waals surface area contributed by atoms with E-state index in [-0.39, 0.29) is 30.1 Å². The summed E-state index contributed by atoms with van der Waals surface area (Å²) in [7, 11) is 1.82. The molecule has 3 heterocycles. The molecule has 0 radical (unpaired) electrons. The van der Waals surface area contributed by atoms with E-state index in [9.17, 15) is 5.11 Å². The van der Waals surface area contributed by atoms with Gasteiger partial charge in [-0.15, -0.1) is 24.0 Å². The Morgan fingerprint density at radius 1 is 1.12 bits per heavy atom. The van der Waals surface area contributed by atoms with Crippen LogP contribution in [-0.4, -0.2) is 80.0 Å². The zero-order valence-electron chi connectivity index (χ0n) is 18.8. The number of ether oxygens (including phenoxy) is 1. The maximum atomic E-state index is 10.1. The maximum Gasteiger partial charge on any atom is 0.194 e. The molecule has 2 aliphatic heterocycles. The third-order valence-corrected chi connectivity index (χ3v) is 5.84. The minimum Gasteiger partial charge on any atom is -0.506 e. The highest BCUT2D eigenvalue weighted by molar-refractivity contribution is 14.0. The number of rotatable bonds is 4. The molecule has 0 amide bonds. The zero-order chi connectivity index (χ0) is 21.6. The largest absolute Gasteiger partial charge is 0.506 e. The number of morpholine rings is 1. The van der Waals surface area contributed by atoms with E-state index in [0.29, 0.717) is 12.3 Å². The molecular formula is C23H33IN6O2. The number of pyridine rings is 1. The van der Waals surface area contributed by atoms with Crippen molar-refractivity contribution < 1.29 is 9.84 Å².